The Labute approximate surface area is 232 Å². The fourth-order valence-corrected chi connectivity index (χ4v) is 8.77. The second-order valence-electron chi connectivity index (χ2n) is 11.4. The average molecular weight is 611 g/mol. The summed E-state index contributed by atoms with van der Waals surface area (Å²) in [4.78, 5) is 32.6. The van der Waals surface area contributed by atoms with Gasteiger partial charge in [-0.25, -0.2) is 0 Å². The van der Waals surface area contributed by atoms with Crippen LogP contribution in [0.2, 0.25) is 4.82 Å². The Balaban J connectivity index is 1.42. The molecule has 0 spiro atoms. The normalized spacial score (nSPS) is 26.6. The summed E-state index contributed by atoms with van der Waals surface area (Å²) in [6, 6.07) is 10.7. The van der Waals surface area contributed by atoms with E-state index in [0.29, 0.717) is 43.7 Å². The van der Waals surface area contributed by atoms with E-state index >= 15 is 0 Å². The number of rotatable bonds is 4. The number of hydrogen-bond donors (Lipinski definition) is 1. The molecule has 4 atom stereocenters. The van der Waals surface area contributed by atoms with E-state index in [2.05, 4.69) is 10.3 Å². The van der Waals surface area contributed by atoms with Gasteiger partial charge in [0.25, 0.3) is 0 Å². The average Bonchev–Trinajstić information content (AvgIpc) is 3.40. The number of carbonyl (C=O) groups is 2. The Bertz CT molecular complexity index is 1240. The summed E-state index contributed by atoms with van der Waals surface area (Å²) in [6.07, 6.45) is -3.33. The van der Waals surface area contributed by atoms with Crippen molar-refractivity contribution in [2.24, 2.45) is 5.41 Å². The molecule has 3 heterocycles. The summed E-state index contributed by atoms with van der Waals surface area (Å²) < 4.78 is 52.9. The van der Waals surface area contributed by atoms with Crippen molar-refractivity contribution in [1.82, 2.24) is 15.2 Å². The van der Waals surface area contributed by atoms with Gasteiger partial charge < -0.3 is 0 Å². The topological polar surface area (TPSA) is 80.8 Å². The summed E-state index contributed by atoms with van der Waals surface area (Å²) in [5.41, 5.74) is -1.35. The molecular weight excluding hydrogens is 578 g/mol. The third-order valence-electron chi connectivity index (χ3n) is 7.47. The Morgan fingerprint density at radius 3 is 2.64 bits per heavy atom. The number of carbonyl (C=O) groups excluding carboxylic acids is 2. The molecule has 2 aliphatic heterocycles. The molecule has 39 heavy (non-hydrogen) atoms. The number of fused-ring (bicyclic) bond motifs is 2. The number of alkyl halides is 3. The molecule has 1 aromatic carbocycles. The molecule has 2 fully saturated rings. The quantitative estimate of drug-likeness (QED) is 0.532. The molecule has 1 saturated heterocycles. The van der Waals surface area contributed by atoms with E-state index in [9.17, 15) is 22.8 Å². The first kappa shape index (κ1) is 27.9. The van der Waals surface area contributed by atoms with Gasteiger partial charge in [-0.2, -0.15) is 0 Å². The van der Waals surface area contributed by atoms with Crippen molar-refractivity contribution in [3.8, 4) is 0 Å². The fraction of sp³-hybridized carbons (Fsp3) is 0.536. The zero-order valence-corrected chi connectivity index (χ0v) is 23.8. The van der Waals surface area contributed by atoms with E-state index in [4.69, 9.17) is 9.47 Å². The van der Waals surface area contributed by atoms with Gasteiger partial charge in [0.15, 0.2) is 0 Å². The summed E-state index contributed by atoms with van der Waals surface area (Å²) >= 11 is -0.113. The molecule has 3 aliphatic rings. The molecule has 0 bridgehead atoms. The van der Waals surface area contributed by atoms with Crippen LogP contribution in [0.3, 0.4) is 0 Å². The number of benzene rings is 1. The van der Waals surface area contributed by atoms with Gasteiger partial charge in [-0.05, 0) is 0 Å². The fourth-order valence-electron chi connectivity index (χ4n) is 5.79. The first-order valence-corrected chi connectivity index (χ1v) is 14.9. The maximum absolute atomic E-state index is 14.2. The van der Waals surface area contributed by atoms with Crippen LogP contribution in [0.25, 0.3) is 0 Å². The van der Waals surface area contributed by atoms with E-state index in [-0.39, 0.29) is 38.3 Å². The first-order chi connectivity index (χ1) is 18.4. The van der Waals surface area contributed by atoms with Crippen molar-refractivity contribution in [2.45, 2.75) is 75.3 Å². The van der Waals surface area contributed by atoms with Gasteiger partial charge in [0, 0.05) is 0 Å². The first-order valence-electron chi connectivity index (χ1n) is 13.0. The number of amides is 2. The predicted molar refractivity (Wildman–Crippen MR) is 139 cm³/mol. The Kier molecular flexibility index (Phi) is 7.45. The second kappa shape index (κ2) is 10.4. The molecule has 0 radical (unpaired) electrons. The van der Waals surface area contributed by atoms with E-state index in [1.807, 2.05) is 30.3 Å². The SMILES string of the molecule is CC(C)(C)OC(=O)N[C@H]1C[C@]2(C(=O)N3CCc4ncc(C(F)(F)F)cc4C3)CCO[C@@H]2[C@H]1[Se]c1ccccc1. The monoisotopic (exact) mass is 611 g/mol. The number of alkyl carbamates (subject to hydrolysis) is 1. The van der Waals surface area contributed by atoms with Crippen LogP contribution in [0.1, 0.15) is 50.4 Å². The van der Waals surface area contributed by atoms with Crippen molar-refractivity contribution in [3.05, 3.63) is 59.4 Å². The predicted octanol–water partition coefficient (Wildman–Crippen LogP) is 3.88. The zero-order valence-electron chi connectivity index (χ0n) is 22.1. The van der Waals surface area contributed by atoms with Crippen LogP contribution in [-0.2, 0) is 33.4 Å². The van der Waals surface area contributed by atoms with Crippen LogP contribution in [0.15, 0.2) is 42.6 Å². The standard InChI is InChI=1S/C28H32F3N3O4Se/c1-26(2,3)38-25(36)33-21-14-27(10-12-37-23(27)22(21)39-19-7-5-4-6-8-19)24(35)34-11-9-20-17(16-34)13-18(15-32-20)28(29,30)31/h4-8,13,15,21-23H,9-12,14,16H2,1-3H3,(H,33,36)/t21-,22-,23+,27+/m0/s1. The number of ether oxygens (including phenoxy) is 2. The van der Waals surface area contributed by atoms with Crippen LogP contribution in [-0.4, -0.2) is 67.7 Å². The third-order valence-corrected chi connectivity index (χ3v) is 10.4. The summed E-state index contributed by atoms with van der Waals surface area (Å²) in [7, 11) is 0. The Morgan fingerprint density at radius 1 is 1.21 bits per heavy atom. The molecule has 7 nitrogen and oxygen atoms in total. The van der Waals surface area contributed by atoms with Gasteiger partial charge >= 0.3 is 232 Å². The molecule has 2 aromatic rings. The second-order valence-corrected chi connectivity index (χ2v) is 14.0. The molecule has 1 N–H and O–H groups in total. The van der Waals surface area contributed by atoms with Crippen LogP contribution >= 0.6 is 0 Å². The van der Waals surface area contributed by atoms with E-state index in [1.54, 1.807) is 25.7 Å². The molecule has 1 aliphatic carbocycles. The molecule has 1 saturated carbocycles. The van der Waals surface area contributed by atoms with Crippen molar-refractivity contribution in [1.29, 1.82) is 0 Å². The minimum absolute atomic E-state index is 0.0677. The molecular formula is C28H32F3N3O4Se. The van der Waals surface area contributed by atoms with Crippen molar-refractivity contribution in [2.75, 3.05) is 13.2 Å². The number of pyridine rings is 1. The number of halogens is 3. The molecule has 11 heteroatoms. The van der Waals surface area contributed by atoms with E-state index < -0.39 is 35.0 Å². The van der Waals surface area contributed by atoms with Crippen molar-refractivity contribution < 1.29 is 32.2 Å². The molecule has 5 rings (SSSR count). The summed E-state index contributed by atoms with van der Waals surface area (Å²) in [5.74, 6) is -0.129. The van der Waals surface area contributed by atoms with Gasteiger partial charge in [-0.3, -0.25) is 0 Å². The third kappa shape index (κ3) is 5.81. The van der Waals surface area contributed by atoms with Crippen molar-refractivity contribution >= 4 is 31.4 Å². The molecule has 210 valence electrons. The Morgan fingerprint density at radius 2 is 1.95 bits per heavy atom. The van der Waals surface area contributed by atoms with Crippen LogP contribution in [0.4, 0.5) is 18.0 Å². The molecule has 0 unspecified atom stereocenters. The molecule has 2 amide bonds. The number of nitrogens with one attached hydrogen (secondary N) is 1. The Hall–Kier alpha value is -2.62. The maximum atomic E-state index is 14.2. The van der Waals surface area contributed by atoms with Crippen LogP contribution in [0.5, 0.6) is 0 Å². The summed E-state index contributed by atoms with van der Waals surface area (Å²) in [5, 5.41) is 3.03. The number of nitrogens with zero attached hydrogens (tertiary/aromatic N) is 2. The zero-order chi connectivity index (χ0) is 28.0. The minimum atomic E-state index is -4.50. The van der Waals surface area contributed by atoms with Crippen LogP contribution < -0.4 is 9.78 Å². The van der Waals surface area contributed by atoms with Gasteiger partial charge in [0.2, 0.25) is 0 Å². The van der Waals surface area contributed by atoms with Gasteiger partial charge in [0.05, 0.1) is 0 Å². The van der Waals surface area contributed by atoms with E-state index in [1.165, 1.54) is 0 Å². The van der Waals surface area contributed by atoms with Gasteiger partial charge in [-0.1, -0.05) is 0 Å². The van der Waals surface area contributed by atoms with Gasteiger partial charge in [-0.15, -0.1) is 0 Å². The van der Waals surface area contributed by atoms with Crippen molar-refractivity contribution in [3.63, 3.8) is 0 Å². The number of hydrogen-bond acceptors (Lipinski definition) is 5. The van der Waals surface area contributed by atoms with E-state index in [0.717, 1.165) is 16.7 Å². The molecule has 1 aromatic heterocycles. The van der Waals surface area contributed by atoms with Gasteiger partial charge in [0.1, 0.15) is 0 Å². The summed E-state index contributed by atoms with van der Waals surface area (Å²) in [6.45, 7) is 6.24. The number of aromatic nitrogens is 1. The van der Waals surface area contributed by atoms with Crippen LogP contribution in [0, 0.1) is 5.41 Å².